The Kier molecular flexibility index (Phi) is 3.96. The average molecular weight is 182 g/mol. The lowest BCUT2D eigenvalue weighted by molar-refractivity contribution is -0.135. The molecule has 0 aromatic heterocycles. The first-order valence-electron chi connectivity index (χ1n) is 4.89. The first kappa shape index (κ1) is 10.3. The summed E-state index contributed by atoms with van der Waals surface area (Å²) >= 11 is 0. The molecule has 1 heterocycles. The fourth-order valence-corrected chi connectivity index (χ4v) is 1.50. The van der Waals surface area contributed by atoms with Gasteiger partial charge in [0.15, 0.2) is 0 Å². The quantitative estimate of drug-likeness (QED) is 0.601. The molecule has 1 aliphatic heterocycles. The van der Waals surface area contributed by atoms with Crippen LogP contribution < -0.4 is 0 Å². The Morgan fingerprint density at radius 1 is 1.46 bits per heavy atom. The van der Waals surface area contributed by atoms with Gasteiger partial charge in [-0.2, -0.15) is 0 Å². The van der Waals surface area contributed by atoms with Crippen molar-refractivity contribution in [1.82, 2.24) is 9.80 Å². The van der Waals surface area contributed by atoms with E-state index in [4.69, 9.17) is 0 Å². The molecule has 3 heteroatoms. The third kappa shape index (κ3) is 2.84. The minimum absolute atomic E-state index is 0.262. The molecule has 0 aromatic carbocycles. The second kappa shape index (κ2) is 5.02. The predicted molar refractivity (Wildman–Crippen MR) is 53.5 cm³/mol. The van der Waals surface area contributed by atoms with Crippen LogP contribution in [0.2, 0.25) is 0 Å². The molecule has 74 valence electrons. The van der Waals surface area contributed by atoms with E-state index >= 15 is 0 Å². The van der Waals surface area contributed by atoms with Crippen LogP contribution >= 0.6 is 0 Å². The predicted octanol–water partition coefficient (Wildman–Crippen LogP) is 0.727. The molecule has 0 radical (unpaired) electrons. The van der Waals surface area contributed by atoms with E-state index in [1.165, 1.54) is 0 Å². The number of likely N-dealkylation sites (N-methyl/N-ethyl adjacent to an activating group) is 1. The molecule has 1 amide bonds. The van der Waals surface area contributed by atoms with Crippen LogP contribution in [0, 0.1) is 0 Å². The lowest BCUT2D eigenvalue weighted by Crippen LogP contribution is -2.49. The van der Waals surface area contributed by atoms with Crippen molar-refractivity contribution in [1.29, 1.82) is 0 Å². The highest BCUT2D eigenvalue weighted by atomic mass is 16.2. The third-order valence-corrected chi connectivity index (χ3v) is 2.38. The van der Waals surface area contributed by atoms with E-state index in [2.05, 4.69) is 11.0 Å². The molecule has 0 spiro atoms. The maximum atomic E-state index is 11.5. The van der Waals surface area contributed by atoms with Crippen LogP contribution in [0.4, 0.5) is 0 Å². The van der Waals surface area contributed by atoms with Crippen molar-refractivity contribution in [3.63, 3.8) is 0 Å². The SMILES string of the molecule is C/C=C/CN1CCN(CC)C(=O)C1. The van der Waals surface area contributed by atoms with E-state index in [9.17, 15) is 4.79 Å². The van der Waals surface area contributed by atoms with Crippen molar-refractivity contribution in [3.8, 4) is 0 Å². The van der Waals surface area contributed by atoms with E-state index in [-0.39, 0.29) is 5.91 Å². The van der Waals surface area contributed by atoms with Crippen LogP contribution in [0.3, 0.4) is 0 Å². The first-order valence-corrected chi connectivity index (χ1v) is 4.89. The van der Waals surface area contributed by atoms with Crippen molar-refractivity contribution < 1.29 is 4.79 Å². The lowest BCUT2D eigenvalue weighted by atomic mass is 10.3. The molecular weight excluding hydrogens is 164 g/mol. The van der Waals surface area contributed by atoms with E-state index in [1.807, 2.05) is 24.8 Å². The minimum Gasteiger partial charge on any atom is -0.341 e. The molecule has 13 heavy (non-hydrogen) atoms. The maximum absolute atomic E-state index is 11.5. The number of carbonyl (C=O) groups excluding carboxylic acids is 1. The number of rotatable bonds is 3. The summed E-state index contributed by atoms with van der Waals surface area (Å²) in [6.45, 7) is 8.24. The Morgan fingerprint density at radius 3 is 2.77 bits per heavy atom. The zero-order chi connectivity index (χ0) is 9.68. The highest BCUT2D eigenvalue weighted by Gasteiger charge is 2.21. The Morgan fingerprint density at radius 2 is 2.23 bits per heavy atom. The average Bonchev–Trinajstić information content (AvgIpc) is 2.15. The fraction of sp³-hybridized carbons (Fsp3) is 0.700. The third-order valence-electron chi connectivity index (χ3n) is 2.38. The van der Waals surface area contributed by atoms with Gasteiger partial charge in [-0.1, -0.05) is 12.2 Å². The summed E-state index contributed by atoms with van der Waals surface area (Å²) in [6.07, 6.45) is 4.12. The molecular formula is C10H18N2O. The molecule has 0 atom stereocenters. The van der Waals surface area contributed by atoms with E-state index < -0.39 is 0 Å². The molecule has 0 bridgehead atoms. The Labute approximate surface area is 80.0 Å². The second-order valence-corrected chi connectivity index (χ2v) is 3.28. The summed E-state index contributed by atoms with van der Waals surface area (Å²) in [5, 5.41) is 0. The minimum atomic E-state index is 0.262. The molecule has 0 N–H and O–H groups in total. The van der Waals surface area contributed by atoms with Gasteiger partial charge in [-0.25, -0.2) is 0 Å². The fourth-order valence-electron chi connectivity index (χ4n) is 1.50. The zero-order valence-corrected chi connectivity index (χ0v) is 8.49. The smallest absolute Gasteiger partial charge is 0.236 e. The van der Waals surface area contributed by atoms with Crippen molar-refractivity contribution in [2.24, 2.45) is 0 Å². The molecule has 1 aliphatic rings. The van der Waals surface area contributed by atoms with Gasteiger partial charge in [0.1, 0.15) is 0 Å². The molecule has 1 rings (SSSR count). The standard InChI is InChI=1S/C10H18N2O/c1-3-5-6-11-7-8-12(4-2)10(13)9-11/h3,5H,4,6-9H2,1-2H3/b5-3+. The summed E-state index contributed by atoms with van der Waals surface area (Å²) < 4.78 is 0. The number of hydrogen-bond acceptors (Lipinski definition) is 2. The van der Waals surface area contributed by atoms with Gasteiger partial charge >= 0.3 is 0 Å². The van der Waals surface area contributed by atoms with Crippen molar-refractivity contribution in [2.45, 2.75) is 13.8 Å². The van der Waals surface area contributed by atoms with Crippen LogP contribution in [0.1, 0.15) is 13.8 Å². The number of hydrogen-bond donors (Lipinski definition) is 0. The van der Waals surface area contributed by atoms with Gasteiger partial charge in [0.25, 0.3) is 0 Å². The van der Waals surface area contributed by atoms with Gasteiger partial charge in [-0.15, -0.1) is 0 Å². The number of allylic oxidation sites excluding steroid dienone is 1. The molecule has 0 saturated carbocycles. The van der Waals surface area contributed by atoms with Crippen LogP contribution in [0.5, 0.6) is 0 Å². The lowest BCUT2D eigenvalue weighted by Gasteiger charge is -2.32. The Balaban J connectivity index is 2.36. The molecule has 3 nitrogen and oxygen atoms in total. The summed E-state index contributed by atoms with van der Waals surface area (Å²) in [7, 11) is 0. The maximum Gasteiger partial charge on any atom is 0.236 e. The highest BCUT2D eigenvalue weighted by molar-refractivity contribution is 5.78. The first-order chi connectivity index (χ1) is 6.27. The molecule has 1 fully saturated rings. The van der Waals surface area contributed by atoms with Gasteiger partial charge in [0.05, 0.1) is 6.54 Å². The van der Waals surface area contributed by atoms with Crippen LogP contribution in [-0.4, -0.2) is 48.4 Å². The number of nitrogens with zero attached hydrogens (tertiary/aromatic N) is 2. The topological polar surface area (TPSA) is 23.6 Å². The van der Waals surface area contributed by atoms with Crippen molar-refractivity contribution in [2.75, 3.05) is 32.7 Å². The zero-order valence-electron chi connectivity index (χ0n) is 8.49. The van der Waals surface area contributed by atoms with Crippen LogP contribution in [0.25, 0.3) is 0 Å². The van der Waals surface area contributed by atoms with Gasteiger partial charge in [-0.3, -0.25) is 9.69 Å². The van der Waals surface area contributed by atoms with Gasteiger partial charge in [-0.05, 0) is 13.8 Å². The van der Waals surface area contributed by atoms with Gasteiger partial charge in [0.2, 0.25) is 5.91 Å². The molecule has 0 unspecified atom stereocenters. The van der Waals surface area contributed by atoms with Gasteiger partial charge < -0.3 is 4.90 Å². The van der Waals surface area contributed by atoms with E-state index in [1.54, 1.807) is 0 Å². The van der Waals surface area contributed by atoms with Crippen molar-refractivity contribution >= 4 is 5.91 Å². The Hall–Kier alpha value is -0.830. The summed E-state index contributed by atoms with van der Waals surface area (Å²) in [6, 6.07) is 0. The highest BCUT2D eigenvalue weighted by Crippen LogP contribution is 2.02. The molecule has 0 aliphatic carbocycles. The number of carbonyl (C=O) groups is 1. The molecule has 1 saturated heterocycles. The monoisotopic (exact) mass is 182 g/mol. The van der Waals surface area contributed by atoms with E-state index in [0.717, 1.165) is 26.2 Å². The number of piperazine rings is 1. The largest absolute Gasteiger partial charge is 0.341 e. The van der Waals surface area contributed by atoms with E-state index in [0.29, 0.717) is 6.54 Å². The van der Waals surface area contributed by atoms with Gasteiger partial charge in [0, 0.05) is 26.2 Å². The second-order valence-electron chi connectivity index (χ2n) is 3.28. The molecule has 0 aromatic rings. The summed E-state index contributed by atoms with van der Waals surface area (Å²) in [5.74, 6) is 0.262. The Bertz CT molecular complexity index is 201. The summed E-state index contributed by atoms with van der Waals surface area (Å²) in [5.41, 5.74) is 0. The summed E-state index contributed by atoms with van der Waals surface area (Å²) in [4.78, 5) is 15.5. The number of amides is 1. The van der Waals surface area contributed by atoms with Crippen molar-refractivity contribution in [3.05, 3.63) is 12.2 Å². The van der Waals surface area contributed by atoms with Crippen LogP contribution in [0.15, 0.2) is 12.2 Å². The van der Waals surface area contributed by atoms with Crippen LogP contribution in [-0.2, 0) is 4.79 Å². The normalized spacial score (nSPS) is 20.2.